The summed E-state index contributed by atoms with van der Waals surface area (Å²) in [6.45, 7) is -2.32. The van der Waals surface area contributed by atoms with Crippen molar-refractivity contribution in [3.05, 3.63) is 53.9 Å². The number of ether oxygens (including phenoxy) is 1. The van der Waals surface area contributed by atoms with Crippen LogP contribution in [0.25, 0.3) is 0 Å². The number of aryl methyl sites for hydroxylation is 3. The highest BCUT2D eigenvalue weighted by atomic mass is 35.5. The molecule has 0 fully saturated rings. The Balaban J connectivity index is 0.000000225. The number of carbonyl (C=O) groups excluding carboxylic acids is 1. The molecule has 0 amide bonds. The predicted octanol–water partition coefficient (Wildman–Crippen LogP) is 1.28. The van der Waals surface area contributed by atoms with Crippen LogP contribution < -0.4 is 0 Å². The number of aromatic nitrogens is 6. The van der Waals surface area contributed by atoms with Gasteiger partial charge in [-0.1, -0.05) is 0 Å². The quantitative estimate of drug-likeness (QED) is 0.537. The van der Waals surface area contributed by atoms with Crippen molar-refractivity contribution in [2.75, 3.05) is 7.11 Å². The second-order valence-electron chi connectivity index (χ2n) is 4.82. The highest BCUT2D eigenvalue weighted by Gasteiger charge is 2.06. The topological polar surface area (TPSA) is 100.0 Å². The van der Waals surface area contributed by atoms with Gasteiger partial charge in [0.2, 0.25) is 0 Å². The molecule has 0 unspecified atom stereocenters. The lowest BCUT2D eigenvalue weighted by Gasteiger charge is -1.90. The molecule has 10 heteroatoms. The molecule has 142 valence electrons. The molecular weight excluding hydrogens is 360 g/mol. The predicted molar refractivity (Wildman–Crippen MR) is 96.4 cm³/mol. The second kappa shape index (κ2) is 11.1. The molecule has 3 rings (SSSR count). The highest BCUT2D eigenvalue weighted by Crippen LogP contribution is 1.97. The van der Waals surface area contributed by atoms with Gasteiger partial charge in [-0.05, 0) is 18.2 Å². The standard InChI is InChI=1S/C6H8N2O2.C5H7ClN2.C5H8N2O/c1-8-4-3-5(7-8)6(9)10-2;1-8-3-2-5(4-6)7-8;1-7-3-2-5(4-8)6-7/h3-4H,1-2H3;2-3H,4H2,1H3;2-3,8H,4H2,1H3/i;2*4D2. The van der Waals surface area contributed by atoms with Crippen LogP contribution in [0.15, 0.2) is 36.8 Å². The Morgan fingerprint density at radius 3 is 1.85 bits per heavy atom. The fraction of sp³-hybridized carbons (Fsp3) is 0.375. The summed E-state index contributed by atoms with van der Waals surface area (Å²) in [5, 5.41) is 20.0. The van der Waals surface area contributed by atoms with Gasteiger partial charge in [0.15, 0.2) is 5.69 Å². The van der Waals surface area contributed by atoms with Crippen molar-refractivity contribution in [3.8, 4) is 0 Å². The van der Waals surface area contributed by atoms with E-state index in [0.29, 0.717) is 5.69 Å². The van der Waals surface area contributed by atoms with Gasteiger partial charge in [-0.25, -0.2) is 4.79 Å². The molecule has 0 aliphatic rings. The van der Waals surface area contributed by atoms with Gasteiger partial charge in [-0.3, -0.25) is 14.0 Å². The average Bonchev–Trinajstić information content (AvgIpc) is 3.35. The number of hydrogen-bond donors (Lipinski definition) is 1. The number of aliphatic hydroxyl groups is 1. The minimum absolute atomic E-state index is 0.0370. The van der Waals surface area contributed by atoms with E-state index in [1.165, 1.54) is 22.5 Å². The summed E-state index contributed by atoms with van der Waals surface area (Å²) in [7, 11) is 6.45. The average molecular weight is 387 g/mol. The smallest absolute Gasteiger partial charge is 0.358 e. The highest BCUT2D eigenvalue weighted by molar-refractivity contribution is 6.16. The molecule has 0 aliphatic carbocycles. The summed E-state index contributed by atoms with van der Waals surface area (Å²) in [5.74, 6) is -2.25. The van der Waals surface area contributed by atoms with Crippen molar-refractivity contribution in [1.82, 2.24) is 29.3 Å². The summed E-state index contributed by atoms with van der Waals surface area (Å²) in [6, 6.07) is 4.58. The maximum Gasteiger partial charge on any atom is 0.358 e. The second-order valence-corrected chi connectivity index (χ2v) is 5.01. The molecule has 1 N–H and O–H groups in total. The van der Waals surface area contributed by atoms with E-state index in [2.05, 4.69) is 20.0 Å². The van der Waals surface area contributed by atoms with E-state index in [1.54, 1.807) is 56.5 Å². The van der Waals surface area contributed by atoms with E-state index in [0.717, 1.165) is 0 Å². The van der Waals surface area contributed by atoms with Gasteiger partial charge in [0, 0.05) is 39.7 Å². The van der Waals surface area contributed by atoms with Crippen LogP contribution in [0.1, 0.15) is 27.4 Å². The van der Waals surface area contributed by atoms with E-state index < -0.39 is 18.4 Å². The number of carbonyl (C=O) groups is 1. The third kappa shape index (κ3) is 7.49. The molecule has 9 nitrogen and oxygen atoms in total. The fourth-order valence-corrected chi connectivity index (χ4v) is 1.67. The molecule has 0 spiro atoms. The number of hydrogen-bond acceptors (Lipinski definition) is 6. The zero-order chi connectivity index (χ0) is 23.1. The van der Waals surface area contributed by atoms with Crippen LogP contribution in [0.2, 0.25) is 0 Å². The molecule has 3 aromatic heterocycles. The number of rotatable bonds is 3. The third-order valence-corrected chi connectivity index (χ3v) is 2.94. The van der Waals surface area contributed by atoms with Gasteiger partial charge >= 0.3 is 5.97 Å². The summed E-state index contributed by atoms with van der Waals surface area (Å²) >= 11 is 5.33. The third-order valence-electron chi connectivity index (χ3n) is 2.75. The minimum Gasteiger partial charge on any atom is -0.464 e. The first-order valence-corrected chi connectivity index (χ1v) is 7.61. The molecule has 3 aromatic rings. The van der Waals surface area contributed by atoms with Crippen molar-refractivity contribution in [2.45, 2.75) is 12.4 Å². The lowest BCUT2D eigenvalue weighted by atomic mass is 10.4. The lowest BCUT2D eigenvalue weighted by molar-refractivity contribution is 0.0593. The van der Waals surface area contributed by atoms with Gasteiger partial charge in [-0.2, -0.15) is 15.3 Å². The minimum atomic E-state index is -2.32. The molecular formula is C16H23ClN6O3. The molecule has 0 aliphatic heterocycles. The Morgan fingerprint density at radius 2 is 1.58 bits per heavy atom. The zero-order valence-corrected chi connectivity index (χ0v) is 15.5. The summed E-state index contributed by atoms with van der Waals surface area (Å²) in [6.07, 6.45) is 4.91. The molecule has 0 bridgehead atoms. The summed E-state index contributed by atoms with van der Waals surface area (Å²) in [5.41, 5.74) is 0.622. The molecule has 3 heterocycles. The number of alkyl halides is 1. The van der Waals surface area contributed by atoms with Crippen LogP contribution in [-0.2, 0) is 38.3 Å². The zero-order valence-electron chi connectivity index (χ0n) is 18.8. The van der Waals surface area contributed by atoms with Crippen LogP contribution in [0.5, 0.6) is 0 Å². The first-order valence-electron chi connectivity index (χ1n) is 9.23. The van der Waals surface area contributed by atoms with Crippen molar-refractivity contribution < 1.29 is 20.1 Å². The Kier molecular flexibility index (Phi) is 6.63. The van der Waals surface area contributed by atoms with Crippen molar-refractivity contribution >= 4 is 17.6 Å². The maximum absolute atomic E-state index is 10.7. The Bertz CT molecular complexity index is 895. The summed E-state index contributed by atoms with van der Waals surface area (Å²) in [4.78, 5) is 10.7. The Morgan fingerprint density at radius 1 is 1.08 bits per heavy atom. The normalized spacial score (nSPS) is 13.0. The fourth-order valence-electron chi connectivity index (χ4n) is 1.57. The number of methoxy groups -OCH3 is 1. The molecule has 0 radical (unpaired) electrons. The largest absolute Gasteiger partial charge is 0.464 e. The number of halogens is 1. The van der Waals surface area contributed by atoms with E-state index >= 15 is 0 Å². The molecule has 0 aromatic carbocycles. The van der Waals surface area contributed by atoms with Crippen molar-refractivity contribution in [2.24, 2.45) is 21.1 Å². The maximum atomic E-state index is 10.7. The van der Waals surface area contributed by atoms with E-state index in [4.69, 9.17) is 22.2 Å². The first kappa shape index (κ1) is 15.6. The lowest BCUT2D eigenvalue weighted by Crippen LogP contribution is -2.02. The molecule has 26 heavy (non-hydrogen) atoms. The van der Waals surface area contributed by atoms with Crippen LogP contribution in [0.4, 0.5) is 0 Å². The van der Waals surface area contributed by atoms with Gasteiger partial charge in [0.25, 0.3) is 0 Å². The molecule has 0 saturated heterocycles. The van der Waals surface area contributed by atoms with Gasteiger partial charge < -0.3 is 9.84 Å². The summed E-state index contributed by atoms with van der Waals surface area (Å²) < 4.78 is 36.7. The van der Waals surface area contributed by atoms with Crippen LogP contribution in [0, 0.1) is 0 Å². The van der Waals surface area contributed by atoms with Gasteiger partial charge in [0.1, 0.15) is 0 Å². The van der Waals surface area contributed by atoms with Crippen LogP contribution >= 0.6 is 11.6 Å². The van der Waals surface area contributed by atoms with E-state index in [1.807, 2.05) is 0 Å². The monoisotopic (exact) mass is 386 g/mol. The SMILES string of the molecule is COC(=O)c1ccn(C)n1.[2H]C([2H])(Cl)c1ccn(C)n1.[2H]C([2H])(O)c1ccn(C)n1. The van der Waals surface area contributed by atoms with Gasteiger partial charge in [0.05, 0.1) is 36.4 Å². The van der Waals surface area contributed by atoms with Crippen molar-refractivity contribution in [3.63, 3.8) is 0 Å². The van der Waals surface area contributed by atoms with Gasteiger partial charge in [-0.15, -0.1) is 11.6 Å². The van der Waals surface area contributed by atoms with Crippen LogP contribution in [-0.4, -0.2) is 47.5 Å². The molecule has 0 atom stereocenters. The Labute approximate surface area is 162 Å². The number of nitrogens with zero attached hydrogens (tertiary/aromatic N) is 6. The van der Waals surface area contributed by atoms with E-state index in [-0.39, 0.29) is 11.4 Å². The van der Waals surface area contributed by atoms with Crippen molar-refractivity contribution in [1.29, 1.82) is 0 Å². The van der Waals surface area contributed by atoms with E-state index in [9.17, 15) is 4.79 Å². The molecule has 0 saturated carbocycles. The first-order chi connectivity index (χ1) is 13.7. The Hall–Kier alpha value is -2.65. The number of esters is 1. The van der Waals surface area contributed by atoms with Crippen LogP contribution in [0.3, 0.4) is 0 Å².